The number of carbonyl (C=O) groups is 1. The van der Waals surface area contributed by atoms with Gasteiger partial charge in [-0.3, -0.25) is 9.69 Å². The van der Waals surface area contributed by atoms with Crippen molar-refractivity contribution in [1.29, 1.82) is 0 Å². The molecule has 0 aliphatic carbocycles. The van der Waals surface area contributed by atoms with Gasteiger partial charge in [-0.2, -0.15) is 0 Å². The number of anilines is 1. The molecule has 0 saturated carbocycles. The molecule has 0 radical (unpaired) electrons. The summed E-state index contributed by atoms with van der Waals surface area (Å²) in [6.45, 7) is 5.92. The molecule has 0 aliphatic heterocycles. The topological polar surface area (TPSA) is 58.4 Å². The standard InChI is InChI=1S/C14H22BrN3O.ClH/c1-14(2,9-16)10-18(3)8-13(19)17-12-7-5-4-6-11(12)15;/h4-7H,8-10,16H2,1-3H3,(H,17,19);1H. The van der Waals surface area contributed by atoms with E-state index in [2.05, 4.69) is 35.1 Å². The van der Waals surface area contributed by atoms with E-state index in [4.69, 9.17) is 5.73 Å². The van der Waals surface area contributed by atoms with Crippen LogP contribution in [0.2, 0.25) is 0 Å². The Morgan fingerprint density at radius 2 is 2.00 bits per heavy atom. The molecule has 4 nitrogen and oxygen atoms in total. The van der Waals surface area contributed by atoms with E-state index >= 15 is 0 Å². The third-order valence-corrected chi connectivity index (χ3v) is 3.50. The molecular weight excluding hydrogens is 342 g/mol. The van der Waals surface area contributed by atoms with Crippen LogP contribution in [0.15, 0.2) is 28.7 Å². The zero-order valence-corrected chi connectivity index (χ0v) is 14.6. The summed E-state index contributed by atoms with van der Waals surface area (Å²) in [6.07, 6.45) is 0. The number of para-hydroxylation sites is 1. The average molecular weight is 365 g/mol. The lowest BCUT2D eigenvalue weighted by Crippen LogP contribution is -2.40. The lowest BCUT2D eigenvalue weighted by molar-refractivity contribution is -0.117. The summed E-state index contributed by atoms with van der Waals surface area (Å²) in [5.74, 6) is -0.0257. The Hall–Kier alpha value is -0.620. The number of hydrogen-bond donors (Lipinski definition) is 2. The van der Waals surface area contributed by atoms with Gasteiger partial charge < -0.3 is 11.1 Å². The first-order valence-corrected chi connectivity index (χ1v) is 7.06. The van der Waals surface area contributed by atoms with Gasteiger partial charge in [0, 0.05) is 11.0 Å². The normalized spacial score (nSPS) is 11.1. The van der Waals surface area contributed by atoms with Crippen molar-refractivity contribution in [2.45, 2.75) is 13.8 Å². The molecule has 6 heteroatoms. The Kier molecular flexibility index (Phi) is 8.35. The molecule has 20 heavy (non-hydrogen) atoms. The molecule has 1 aromatic rings. The van der Waals surface area contributed by atoms with Crippen LogP contribution in [0.3, 0.4) is 0 Å². The van der Waals surface area contributed by atoms with E-state index < -0.39 is 0 Å². The molecule has 3 N–H and O–H groups in total. The zero-order valence-electron chi connectivity index (χ0n) is 12.1. The zero-order chi connectivity index (χ0) is 14.5. The fraction of sp³-hybridized carbons (Fsp3) is 0.500. The first-order valence-electron chi connectivity index (χ1n) is 6.27. The van der Waals surface area contributed by atoms with Crippen LogP contribution in [-0.4, -0.2) is 37.5 Å². The number of carbonyl (C=O) groups excluding carboxylic acids is 1. The summed E-state index contributed by atoms with van der Waals surface area (Å²) in [6, 6.07) is 7.57. The summed E-state index contributed by atoms with van der Waals surface area (Å²) in [5, 5.41) is 2.89. The fourth-order valence-electron chi connectivity index (χ4n) is 1.85. The first-order chi connectivity index (χ1) is 8.84. The number of halogens is 2. The molecule has 0 heterocycles. The van der Waals surface area contributed by atoms with Crippen LogP contribution in [-0.2, 0) is 4.79 Å². The third-order valence-electron chi connectivity index (χ3n) is 2.81. The summed E-state index contributed by atoms with van der Waals surface area (Å²) < 4.78 is 0.883. The molecule has 1 amide bonds. The van der Waals surface area contributed by atoms with Crippen molar-refractivity contribution in [3.8, 4) is 0 Å². The largest absolute Gasteiger partial charge is 0.330 e. The van der Waals surface area contributed by atoms with Gasteiger partial charge in [0.25, 0.3) is 0 Å². The number of hydrogen-bond acceptors (Lipinski definition) is 3. The predicted molar refractivity (Wildman–Crippen MR) is 90.4 cm³/mol. The Bertz CT molecular complexity index is 440. The highest BCUT2D eigenvalue weighted by atomic mass is 79.9. The Labute approximate surface area is 135 Å². The number of benzene rings is 1. The van der Waals surface area contributed by atoms with Crippen molar-refractivity contribution in [2.24, 2.45) is 11.1 Å². The molecule has 0 bridgehead atoms. The fourth-order valence-corrected chi connectivity index (χ4v) is 2.23. The number of likely N-dealkylation sites (N-methyl/N-ethyl adjacent to an activating group) is 1. The van der Waals surface area contributed by atoms with Crippen LogP contribution in [0.1, 0.15) is 13.8 Å². The highest BCUT2D eigenvalue weighted by Crippen LogP contribution is 2.21. The lowest BCUT2D eigenvalue weighted by atomic mass is 9.93. The van der Waals surface area contributed by atoms with Gasteiger partial charge in [-0.05, 0) is 47.1 Å². The Morgan fingerprint density at radius 3 is 2.55 bits per heavy atom. The van der Waals surface area contributed by atoms with Crippen molar-refractivity contribution in [3.05, 3.63) is 28.7 Å². The maximum atomic E-state index is 11.9. The van der Waals surface area contributed by atoms with E-state index in [1.54, 1.807) is 0 Å². The van der Waals surface area contributed by atoms with Crippen molar-refractivity contribution in [3.63, 3.8) is 0 Å². The van der Waals surface area contributed by atoms with Crippen LogP contribution >= 0.6 is 28.3 Å². The number of amides is 1. The quantitative estimate of drug-likeness (QED) is 0.816. The van der Waals surface area contributed by atoms with E-state index in [0.29, 0.717) is 13.1 Å². The van der Waals surface area contributed by atoms with Crippen LogP contribution in [0, 0.1) is 5.41 Å². The second-order valence-corrected chi connectivity index (χ2v) is 6.42. The van der Waals surface area contributed by atoms with E-state index in [-0.39, 0.29) is 23.7 Å². The molecule has 0 aromatic heterocycles. The molecule has 0 atom stereocenters. The van der Waals surface area contributed by atoms with Crippen molar-refractivity contribution in [2.75, 3.05) is 32.0 Å². The van der Waals surface area contributed by atoms with Crippen molar-refractivity contribution in [1.82, 2.24) is 4.90 Å². The van der Waals surface area contributed by atoms with E-state index in [1.165, 1.54) is 0 Å². The third kappa shape index (κ3) is 6.70. The summed E-state index contributed by atoms with van der Waals surface area (Å²) in [7, 11) is 1.93. The molecule has 0 fully saturated rings. The molecule has 0 spiro atoms. The lowest BCUT2D eigenvalue weighted by Gasteiger charge is -2.28. The predicted octanol–water partition coefficient (Wildman–Crippen LogP) is 2.73. The van der Waals surface area contributed by atoms with E-state index in [1.807, 2.05) is 36.2 Å². The van der Waals surface area contributed by atoms with Gasteiger partial charge in [-0.15, -0.1) is 12.4 Å². The second-order valence-electron chi connectivity index (χ2n) is 5.57. The van der Waals surface area contributed by atoms with Gasteiger partial charge in [0.05, 0.1) is 12.2 Å². The molecular formula is C14H23BrClN3O. The number of nitrogens with one attached hydrogen (secondary N) is 1. The number of nitrogens with two attached hydrogens (primary N) is 1. The van der Waals surface area contributed by atoms with Crippen LogP contribution in [0.4, 0.5) is 5.69 Å². The highest BCUT2D eigenvalue weighted by Gasteiger charge is 2.19. The number of nitrogens with zero attached hydrogens (tertiary/aromatic N) is 1. The van der Waals surface area contributed by atoms with Gasteiger partial charge >= 0.3 is 0 Å². The van der Waals surface area contributed by atoms with Crippen LogP contribution in [0.25, 0.3) is 0 Å². The molecule has 1 rings (SSSR count). The SMILES string of the molecule is CN(CC(=O)Nc1ccccc1Br)CC(C)(C)CN.Cl. The molecule has 114 valence electrons. The Balaban J connectivity index is 0.00000361. The van der Waals surface area contributed by atoms with Gasteiger partial charge in [0.1, 0.15) is 0 Å². The van der Waals surface area contributed by atoms with Gasteiger partial charge in [0.15, 0.2) is 0 Å². The van der Waals surface area contributed by atoms with Crippen LogP contribution < -0.4 is 11.1 Å². The van der Waals surface area contributed by atoms with Gasteiger partial charge in [-0.1, -0.05) is 26.0 Å². The molecule has 0 aliphatic rings. The summed E-state index contributed by atoms with van der Waals surface area (Å²) >= 11 is 3.41. The van der Waals surface area contributed by atoms with Crippen molar-refractivity contribution < 1.29 is 4.79 Å². The van der Waals surface area contributed by atoms with Crippen LogP contribution in [0.5, 0.6) is 0 Å². The van der Waals surface area contributed by atoms with E-state index in [9.17, 15) is 4.79 Å². The molecule has 1 aromatic carbocycles. The highest BCUT2D eigenvalue weighted by molar-refractivity contribution is 9.10. The van der Waals surface area contributed by atoms with Gasteiger partial charge in [0.2, 0.25) is 5.91 Å². The first kappa shape index (κ1) is 19.4. The maximum absolute atomic E-state index is 11.9. The minimum absolute atomic E-state index is 0. The average Bonchev–Trinajstić information content (AvgIpc) is 2.31. The second kappa shape index (κ2) is 8.62. The van der Waals surface area contributed by atoms with Gasteiger partial charge in [-0.25, -0.2) is 0 Å². The minimum atomic E-state index is -0.0257. The maximum Gasteiger partial charge on any atom is 0.238 e. The summed E-state index contributed by atoms with van der Waals surface area (Å²) in [4.78, 5) is 13.9. The monoisotopic (exact) mass is 363 g/mol. The van der Waals surface area contributed by atoms with E-state index in [0.717, 1.165) is 16.7 Å². The van der Waals surface area contributed by atoms with Crippen molar-refractivity contribution >= 4 is 39.9 Å². The number of rotatable bonds is 6. The molecule has 0 unspecified atom stereocenters. The molecule has 0 saturated heterocycles. The summed E-state index contributed by atoms with van der Waals surface area (Å²) in [5.41, 5.74) is 6.50. The minimum Gasteiger partial charge on any atom is -0.330 e. The smallest absolute Gasteiger partial charge is 0.238 e. The Morgan fingerprint density at radius 1 is 1.40 bits per heavy atom.